The van der Waals surface area contributed by atoms with Crippen molar-refractivity contribution in [2.24, 2.45) is 0 Å². The van der Waals surface area contributed by atoms with Crippen LogP contribution in [-0.4, -0.2) is 5.11 Å². The number of rotatable bonds is 3. The quantitative estimate of drug-likeness (QED) is 0.492. The molecule has 0 spiro atoms. The highest BCUT2D eigenvalue weighted by Crippen LogP contribution is 2.17. The predicted octanol–water partition coefficient (Wildman–Crippen LogP) is 3.49. The summed E-state index contributed by atoms with van der Waals surface area (Å²) < 4.78 is 12.7. The van der Waals surface area contributed by atoms with Gasteiger partial charge in [-0.3, -0.25) is 0 Å². The first kappa shape index (κ1) is 10.2. The van der Waals surface area contributed by atoms with Crippen molar-refractivity contribution < 1.29 is 9.50 Å². The smallest absolute Gasteiger partial charge is 0.160 e. The highest BCUT2D eigenvalue weighted by molar-refractivity contribution is 5.23. The molecule has 0 aliphatic rings. The van der Waals surface area contributed by atoms with Crippen LogP contribution >= 0.6 is 0 Å². The molecule has 0 aromatic rings. The third-order valence-corrected chi connectivity index (χ3v) is 1.67. The molecule has 0 unspecified atom stereocenters. The summed E-state index contributed by atoms with van der Waals surface area (Å²) in [6, 6.07) is 0. The number of hydrogen-bond donors (Lipinski definition) is 1. The summed E-state index contributed by atoms with van der Waals surface area (Å²) in [5.74, 6) is -0.707. The highest BCUT2D eigenvalue weighted by Gasteiger charge is 2.05. The SMILES string of the molecule is C/C=C(/F)C(O)=C(CC)CC. The zero-order chi connectivity index (χ0) is 8.85. The van der Waals surface area contributed by atoms with Gasteiger partial charge in [0, 0.05) is 0 Å². The molecule has 1 nitrogen and oxygen atoms in total. The number of hydrogen-bond acceptors (Lipinski definition) is 1. The van der Waals surface area contributed by atoms with Gasteiger partial charge in [0.25, 0.3) is 0 Å². The molecule has 0 aromatic heterocycles. The van der Waals surface area contributed by atoms with E-state index in [4.69, 9.17) is 0 Å². The molecular weight excluding hydrogens is 143 g/mol. The molecule has 0 aromatic carbocycles. The summed E-state index contributed by atoms with van der Waals surface area (Å²) in [4.78, 5) is 0. The van der Waals surface area contributed by atoms with E-state index in [-0.39, 0.29) is 5.76 Å². The molecule has 0 aliphatic carbocycles. The molecule has 0 saturated heterocycles. The molecule has 0 radical (unpaired) electrons. The summed E-state index contributed by atoms with van der Waals surface area (Å²) in [5.41, 5.74) is 0.764. The minimum absolute atomic E-state index is 0.183. The fraction of sp³-hybridized carbons (Fsp3) is 0.556. The Labute approximate surface area is 67.2 Å². The number of aliphatic hydroxyl groups is 1. The Morgan fingerprint density at radius 3 is 2.09 bits per heavy atom. The van der Waals surface area contributed by atoms with E-state index in [9.17, 15) is 9.50 Å². The summed E-state index contributed by atoms with van der Waals surface area (Å²) >= 11 is 0. The van der Waals surface area contributed by atoms with E-state index in [1.54, 1.807) is 6.92 Å². The molecule has 0 amide bonds. The van der Waals surface area contributed by atoms with E-state index in [0.29, 0.717) is 12.8 Å². The maximum Gasteiger partial charge on any atom is 0.160 e. The van der Waals surface area contributed by atoms with Crippen molar-refractivity contribution in [1.82, 2.24) is 0 Å². The first-order valence-corrected chi connectivity index (χ1v) is 3.90. The lowest BCUT2D eigenvalue weighted by atomic mass is 10.1. The summed E-state index contributed by atoms with van der Waals surface area (Å²) in [7, 11) is 0. The Morgan fingerprint density at radius 2 is 1.82 bits per heavy atom. The van der Waals surface area contributed by atoms with Crippen molar-refractivity contribution in [2.45, 2.75) is 33.6 Å². The van der Waals surface area contributed by atoms with Crippen molar-refractivity contribution in [1.29, 1.82) is 0 Å². The van der Waals surface area contributed by atoms with E-state index in [0.717, 1.165) is 5.57 Å². The second-order valence-electron chi connectivity index (χ2n) is 2.30. The first-order valence-electron chi connectivity index (χ1n) is 3.90. The van der Waals surface area contributed by atoms with Gasteiger partial charge in [0.15, 0.2) is 5.83 Å². The normalized spacial score (nSPS) is 11.5. The fourth-order valence-corrected chi connectivity index (χ4v) is 0.890. The van der Waals surface area contributed by atoms with Gasteiger partial charge in [-0.1, -0.05) is 13.8 Å². The largest absolute Gasteiger partial charge is 0.505 e. The zero-order valence-electron chi connectivity index (χ0n) is 7.32. The van der Waals surface area contributed by atoms with Crippen LogP contribution in [-0.2, 0) is 0 Å². The van der Waals surface area contributed by atoms with Crippen molar-refractivity contribution in [3.63, 3.8) is 0 Å². The molecule has 0 fully saturated rings. The lowest BCUT2D eigenvalue weighted by Gasteiger charge is -2.03. The van der Waals surface area contributed by atoms with E-state index in [2.05, 4.69) is 0 Å². The van der Waals surface area contributed by atoms with Crippen LogP contribution in [0.15, 0.2) is 23.2 Å². The van der Waals surface area contributed by atoms with Gasteiger partial charge in [-0.15, -0.1) is 0 Å². The second-order valence-corrected chi connectivity index (χ2v) is 2.30. The topological polar surface area (TPSA) is 20.2 Å². The highest BCUT2D eigenvalue weighted by atomic mass is 19.1. The van der Waals surface area contributed by atoms with E-state index < -0.39 is 5.83 Å². The molecule has 0 heterocycles. The lowest BCUT2D eigenvalue weighted by Crippen LogP contribution is -1.89. The fourth-order valence-electron chi connectivity index (χ4n) is 0.890. The Hall–Kier alpha value is -0.790. The van der Waals surface area contributed by atoms with Crippen molar-refractivity contribution in [2.75, 3.05) is 0 Å². The third-order valence-electron chi connectivity index (χ3n) is 1.67. The minimum atomic E-state index is -0.524. The molecule has 2 heteroatoms. The van der Waals surface area contributed by atoms with Gasteiger partial charge in [0.1, 0.15) is 5.76 Å². The molecule has 11 heavy (non-hydrogen) atoms. The molecular formula is C9H15FO. The maximum atomic E-state index is 12.7. The minimum Gasteiger partial charge on any atom is -0.505 e. The van der Waals surface area contributed by atoms with Crippen LogP contribution in [0.5, 0.6) is 0 Å². The van der Waals surface area contributed by atoms with Crippen molar-refractivity contribution in [3.8, 4) is 0 Å². The molecule has 0 aliphatic heterocycles. The number of halogens is 1. The van der Waals surface area contributed by atoms with Crippen LogP contribution in [0.3, 0.4) is 0 Å². The first-order chi connectivity index (χ1) is 5.17. The van der Waals surface area contributed by atoms with E-state index >= 15 is 0 Å². The van der Waals surface area contributed by atoms with Crippen LogP contribution in [0.2, 0.25) is 0 Å². The predicted molar refractivity (Wildman–Crippen MR) is 45.1 cm³/mol. The summed E-state index contributed by atoms with van der Waals surface area (Å²) in [6.45, 7) is 5.37. The molecule has 0 rings (SSSR count). The van der Waals surface area contributed by atoms with Crippen molar-refractivity contribution in [3.05, 3.63) is 23.2 Å². The average molecular weight is 158 g/mol. The Bertz CT molecular complexity index is 174. The molecule has 0 bridgehead atoms. The molecule has 64 valence electrons. The van der Waals surface area contributed by atoms with Gasteiger partial charge in [-0.2, -0.15) is 0 Å². The second kappa shape index (κ2) is 4.94. The summed E-state index contributed by atoms with van der Waals surface area (Å²) in [5, 5.41) is 9.21. The van der Waals surface area contributed by atoms with Crippen LogP contribution in [0.1, 0.15) is 33.6 Å². The molecule has 0 atom stereocenters. The van der Waals surface area contributed by atoms with Crippen LogP contribution in [0.25, 0.3) is 0 Å². The van der Waals surface area contributed by atoms with Gasteiger partial charge in [-0.05, 0) is 31.4 Å². The molecule has 0 saturated carbocycles. The van der Waals surface area contributed by atoms with E-state index in [1.165, 1.54) is 6.08 Å². The molecule has 1 N–H and O–H groups in total. The summed E-state index contributed by atoms with van der Waals surface area (Å²) in [6.07, 6.45) is 2.66. The van der Waals surface area contributed by atoms with Crippen LogP contribution in [0, 0.1) is 0 Å². The standard InChI is InChI=1S/C9H15FO/c1-4-7(5-2)9(11)8(10)6-3/h6,11H,4-5H2,1-3H3/b8-6+. The Morgan fingerprint density at radius 1 is 1.36 bits per heavy atom. The number of aliphatic hydroxyl groups excluding tert-OH is 1. The lowest BCUT2D eigenvalue weighted by molar-refractivity contribution is 0.378. The van der Waals surface area contributed by atoms with Gasteiger partial charge >= 0.3 is 0 Å². The maximum absolute atomic E-state index is 12.7. The third kappa shape index (κ3) is 2.74. The zero-order valence-corrected chi connectivity index (χ0v) is 7.32. The van der Waals surface area contributed by atoms with Gasteiger partial charge in [0.05, 0.1) is 0 Å². The Balaban J connectivity index is 4.61. The average Bonchev–Trinajstić information content (AvgIpc) is 2.05. The van der Waals surface area contributed by atoms with Crippen LogP contribution < -0.4 is 0 Å². The van der Waals surface area contributed by atoms with Gasteiger partial charge in [0.2, 0.25) is 0 Å². The van der Waals surface area contributed by atoms with Gasteiger partial charge in [-0.25, -0.2) is 4.39 Å². The monoisotopic (exact) mass is 158 g/mol. The van der Waals surface area contributed by atoms with Crippen molar-refractivity contribution >= 4 is 0 Å². The Kier molecular flexibility index (Phi) is 4.59. The number of allylic oxidation sites excluding steroid dienone is 3. The van der Waals surface area contributed by atoms with E-state index in [1.807, 2.05) is 13.8 Å². The van der Waals surface area contributed by atoms with Crippen LogP contribution in [0.4, 0.5) is 4.39 Å². The van der Waals surface area contributed by atoms with Gasteiger partial charge < -0.3 is 5.11 Å².